The summed E-state index contributed by atoms with van der Waals surface area (Å²) in [5.41, 5.74) is -2.45. The van der Waals surface area contributed by atoms with Crippen molar-refractivity contribution in [2.75, 3.05) is 0 Å². The van der Waals surface area contributed by atoms with Crippen LogP contribution in [0.2, 0.25) is 0 Å². The highest BCUT2D eigenvalue weighted by atomic mass is 16.6. The predicted octanol–water partition coefficient (Wildman–Crippen LogP) is 4.58. The van der Waals surface area contributed by atoms with E-state index in [1.165, 1.54) is 0 Å². The molecule has 2 fully saturated rings. The van der Waals surface area contributed by atoms with Crippen LogP contribution in [0.25, 0.3) is 0 Å². The first-order valence-corrected chi connectivity index (χ1v) is 12.0. The number of carbonyl (C=O) groups is 3. The van der Waals surface area contributed by atoms with Crippen LogP contribution in [-0.2, 0) is 28.6 Å². The van der Waals surface area contributed by atoms with E-state index >= 15 is 0 Å². The highest BCUT2D eigenvalue weighted by molar-refractivity contribution is 6.18. The second-order valence-corrected chi connectivity index (χ2v) is 11.7. The van der Waals surface area contributed by atoms with Crippen molar-refractivity contribution in [2.45, 2.75) is 91.0 Å². The number of allylic oxidation sites excluding steroid dienone is 3. The van der Waals surface area contributed by atoms with E-state index in [9.17, 15) is 14.4 Å². The average molecular weight is 455 g/mol. The maximum absolute atomic E-state index is 13.4. The molecule has 0 N–H and O–H groups in total. The predicted molar refractivity (Wildman–Crippen MR) is 121 cm³/mol. The van der Waals surface area contributed by atoms with Crippen molar-refractivity contribution in [1.29, 1.82) is 0 Å². The molecular weight excluding hydrogens is 420 g/mol. The molecule has 0 aromatic heterocycles. The molecular formula is C27H34O6. The third-order valence-electron chi connectivity index (χ3n) is 9.88. The molecule has 6 nitrogen and oxygen atoms in total. The Hall–Kier alpha value is -2.37. The Balaban J connectivity index is 1.64. The molecule has 178 valence electrons. The Morgan fingerprint density at radius 1 is 0.939 bits per heavy atom. The van der Waals surface area contributed by atoms with E-state index in [-0.39, 0.29) is 35.4 Å². The van der Waals surface area contributed by atoms with Crippen LogP contribution in [0.15, 0.2) is 35.1 Å². The molecule has 0 radical (unpaired) electrons. The zero-order valence-corrected chi connectivity index (χ0v) is 20.7. The maximum atomic E-state index is 13.4. The fourth-order valence-electron chi connectivity index (χ4n) is 8.04. The quantitative estimate of drug-likeness (QED) is 0.303. The van der Waals surface area contributed by atoms with Gasteiger partial charge in [0.1, 0.15) is 17.0 Å². The Labute approximate surface area is 195 Å². The van der Waals surface area contributed by atoms with Crippen molar-refractivity contribution < 1.29 is 28.6 Å². The minimum Gasteiger partial charge on any atom is -0.471 e. The molecule has 1 saturated carbocycles. The molecule has 5 rings (SSSR count). The lowest BCUT2D eigenvalue weighted by Gasteiger charge is -2.63. The molecule has 3 aliphatic heterocycles. The number of cyclic esters (lactones) is 1. The van der Waals surface area contributed by atoms with Crippen molar-refractivity contribution in [1.82, 2.24) is 0 Å². The Bertz CT molecular complexity index is 1080. The summed E-state index contributed by atoms with van der Waals surface area (Å²) in [5, 5.41) is 0. The van der Waals surface area contributed by atoms with Crippen LogP contribution >= 0.6 is 0 Å². The minimum absolute atomic E-state index is 0.0899. The summed E-state index contributed by atoms with van der Waals surface area (Å²) in [6, 6.07) is 0. The molecule has 5 aliphatic rings. The summed E-state index contributed by atoms with van der Waals surface area (Å²) in [7, 11) is 0. The second-order valence-electron chi connectivity index (χ2n) is 11.7. The van der Waals surface area contributed by atoms with Crippen molar-refractivity contribution in [3.05, 3.63) is 35.1 Å². The average Bonchev–Trinajstić information content (AvgIpc) is 3.10. The van der Waals surface area contributed by atoms with E-state index < -0.39 is 28.2 Å². The number of hydrogen-bond acceptors (Lipinski definition) is 6. The van der Waals surface area contributed by atoms with Crippen molar-refractivity contribution in [2.24, 2.45) is 22.7 Å². The van der Waals surface area contributed by atoms with Crippen molar-refractivity contribution >= 4 is 17.7 Å². The monoisotopic (exact) mass is 454 g/mol. The van der Waals surface area contributed by atoms with Crippen molar-refractivity contribution in [3.8, 4) is 0 Å². The largest absolute Gasteiger partial charge is 0.471 e. The first-order chi connectivity index (χ1) is 15.2. The summed E-state index contributed by atoms with van der Waals surface area (Å²) in [5.74, 6) is -0.477. The minimum atomic E-state index is -1.59. The van der Waals surface area contributed by atoms with E-state index in [1.54, 1.807) is 19.9 Å². The smallest absolute Gasteiger partial charge is 0.359 e. The number of rotatable bonds is 0. The number of hydrogen-bond donors (Lipinski definition) is 0. The molecule has 0 unspecified atom stereocenters. The van der Waals surface area contributed by atoms with Gasteiger partial charge in [-0.2, -0.15) is 0 Å². The molecule has 2 spiro atoms. The maximum Gasteiger partial charge on any atom is 0.359 e. The lowest BCUT2D eigenvalue weighted by Crippen LogP contribution is -2.63. The van der Waals surface area contributed by atoms with E-state index in [0.29, 0.717) is 11.3 Å². The van der Waals surface area contributed by atoms with Crippen LogP contribution in [0.5, 0.6) is 0 Å². The van der Waals surface area contributed by atoms with Gasteiger partial charge >= 0.3 is 11.9 Å². The third-order valence-corrected chi connectivity index (χ3v) is 9.88. The number of esters is 2. The van der Waals surface area contributed by atoms with Gasteiger partial charge in [-0.3, -0.25) is 4.79 Å². The van der Waals surface area contributed by atoms with Crippen LogP contribution in [0, 0.1) is 22.7 Å². The molecule has 2 aliphatic carbocycles. The normalized spacial score (nSPS) is 45.9. The Morgan fingerprint density at radius 2 is 1.64 bits per heavy atom. The first kappa shape index (κ1) is 22.4. The topological polar surface area (TPSA) is 78.9 Å². The number of carbonyl (C=O) groups excluding carboxylic acids is 3. The second kappa shape index (κ2) is 6.39. The summed E-state index contributed by atoms with van der Waals surface area (Å²) < 4.78 is 18.1. The van der Waals surface area contributed by atoms with Crippen LogP contribution in [0.4, 0.5) is 0 Å². The summed E-state index contributed by atoms with van der Waals surface area (Å²) in [6.07, 6.45) is 8.35. The van der Waals surface area contributed by atoms with Crippen molar-refractivity contribution in [3.63, 3.8) is 0 Å². The van der Waals surface area contributed by atoms with Crippen LogP contribution in [0.3, 0.4) is 0 Å². The highest BCUT2D eigenvalue weighted by Gasteiger charge is 2.75. The summed E-state index contributed by atoms with van der Waals surface area (Å²) in [6.45, 7) is 13.8. The fourth-order valence-corrected chi connectivity index (χ4v) is 8.04. The molecule has 0 aromatic rings. The standard InChI is InChI=1S/C27H34O6/c1-15-8-9-19-24(6)12-11-20(28)32-23(4,5)18(24)10-13-25(19,7)27(15)14-26(22(30)33-27)21(29)16(2)17(3)31-26/h8,11-12,18-19H,9-10,13-14H2,1-7H3/t18-,19+,24-,25+,26+,27-/m0/s1. The van der Waals surface area contributed by atoms with Crippen LogP contribution < -0.4 is 0 Å². The van der Waals surface area contributed by atoms with E-state index in [4.69, 9.17) is 14.2 Å². The highest BCUT2D eigenvalue weighted by Crippen LogP contribution is 2.69. The molecule has 6 atom stereocenters. The SMILES string of the molecule is CC1=CC[C@@H]2[C@@]3(C)C=CC(=O)OC(C)(C)[C@@H]3CC[C@@]2(C)[C@]12C[C@]1(OC(C)=C(C)C1=O)C(=O)O2. The summed E-state index contributed by atoms with van der Waals surface area (Å²) >= 11 is 0. The summed E-state index contributed by atoms with van der Waals surface area (Å²) in [4.78, 5) is 39.0. The van der Waals surface area contributed by atoms with Crippen LogP contribution in [-0.4, -0.2) is 34.5 Å². The van der Waals surface area contributed by atoms with E-state index in [1.807, 2.05) is 26.8 Å². The van der Waals surface area contributed by atoms with Gasteiger partial charge in [0.2, 0.25) is 5.78 Å². The third kappa shape index (κ3) is 2.53. The Kier molecular flexibility index (Phi) is 4.34. The van der Waals surface area contributed by atoms with Gasteiger partial charge in [0.25, 0.3) is 5.60 Å². The molecule has 3 heterocycles. The van der Waals surface area contributed by atoms with Gasteiger partial charge in [-0.1, -0.05) is 26.0 Å². The fraction of sp³-hybridized carbons (Fsp3) is 0.667. The Morgan fingerprint density at radius 3 is 2.27 bits per heavy atom. The zero-order chi connectivity index (χ0) is 24.2. The number of Topliss-reactive ketones (excluding diaryl/α,β-unsaturated/α-hetero) is 1. The zero-order valence-electron chi connectivity index (χ0n) is 20.7. The molecule has 6 heteroatoms. The lowest BCUT2D eigenvalue weighted by atomic mass is 9.42. The molecule has 0 aromatic carbocycles. The van der Waals surface area contributed by atoms with E-state index in [2.05, 4.69) is 19.9 Å². The van der Waals surface area contributed by atoms with Gasteiger partial charge in [-0.25, -0.2) is 9.59 Å². The molecule has 33 heavy (non-hydrogen) atoms. The van der Waals surface area contributed by atoms with Crippen LogP contribution in [0.1, 0.15) is 74.1 Å². The van der Waals surface area contributed by atoms with E-state index in [0.717, 1.165) is 24.8 Å². The van der Waals surface area contributed by atoms with Gasteiger partial charge in [0.15, 0.2) is 0 Å². The number of ketones is 1. The number of ether oxygens (including phenoxy) is 3. The van der Waals surface area contributed by atoms with Gasteiger partial charge in [0.05, 0.1) is 6.42 Å². The van der Waals surface area contributed by atoms with Gasteiger partial charge in [-0.05, 0) is 70.8 Å². The number of fused-ring (bicyclic) bond motifs is 4. The first-order valence-electron chi connectivity index (χ1n) is 12.0. The van der Waals surface area contributed by atoms with Gasteiger partial charge in [-0.15, -0.1) is 0 Å². The molecule has 1 saturated heterocycles. The molecule has 0 bridgehead atoms. The lowest BCUT2D eigenvalue weighted by molar-refractivity contribution is -0.196. The molecule has 0 amide bonds. The van der Waals surface area contributed by atoms with Gasteiger partial charge < -0.3 is 14.2 Å². The van der Waals surface area contributed by atoms with Gasteiger partial charge in [0, 0.05) is 23.0 Å².